The Balaban J connectivity index is 1.35. The van der Waals surface area contributed by atoms with Crippen LogP contribution >= 0.6 is 0 Å². The lowest BCUT2D eigenvalue weighted by Crippen LogP contribution is -2.47. The molecular weight excluding hydrogens is 354 g/mol. The van der Waals surface area contributed by atoms with Crippen molar-refractivity contribution in [2.75, 3.05) is 38.8 Å². The number of carbonyl (C=O) groups excluding carboxylic acids is 1. The number of carbonyl (C=O) groups is 1. The molecule has 0 bridgehead atoms. The maximum Gasteiger partial charge on any atom is 0.255 e. The molecular formula is C22H27N3O3. The van der Waals surface area contributed by atoms with Crippen LogP contribution in [0.15, 0.2) is 48.7 Å². The van der Waals surface area contributed by atoms with Crippen LogP contribution in [0.3, 0.4) is 0 Å². The summed E-state index contributed by atoms with van der Waals surface area (Å²) in [7, 11) is 3.70. The lowest BCUT2D eigenvalue weighted by Gasteiger charge is -2.39. The molecule has 4 rings (SSSR count). The molecule has 2 saturated heterocycles. The van der Waals surface area contributed by atoms with Gasteiger partial charge in [-0.15, -0.1) is 0 Å². The topological polar surface area (TPSA) is 54.9 Å². The molecule has 0 aliphatic carbocycles. The number of benzene rings is 1. The van der Waals surface area contributed by atoms with Crippen LogP contribution in [0.2, 0.25) is 0 Å². The number of pyridine rings is 1. The third-order valence-electron chi connectivity index (χ3n) is 6.06. The zero-order chi connectivity index (χ0) is 19.6. The molecule has 2 aliphatic rings. The Hall–Kier alpha value is -2.60. The second kappa shape index (κ2) is 7.80. The lowest BCUT2D eigenvalue weighted by molar-refractivity contribution is -0.0388. The van der Waals surface area contributed by atoms with Crippen molar-refractivity contribution in [3.8, 4) is 5.88 Å². The van der Waals surface area contributed by atoms with E-state index in [4.69, 9.17) is 9.47 Å². The number of nitrogens with zero attached hydrogens (tertiary/aromatic N) is 3. The number of likely N-dealkylation sites (N-methyl/N-ethyl adjacent to an activating group) is 1. The first-order chi connectivity index (χ1) is 13.6. The van der Waals surface area contributed by atoms with Crippen molar-refractivity contribution in [2.24, 2.45) is 0 Å². The van der Waals surface area contributed by atoms with Crippen LogP contribution < -0.4 is 9.64 Å². The highest BCUT2D eigenvalue weighted by Gasteiger charge is 2.44. The third-order valence-corrected chi connectivity index (χ3v) is 6.06. The summed E-state index contributed by atoms with van der Waals surface area (Å²) in [6, 6.07) is 14.3. The average molecular weight is 381 g/mol. The van der Waals surface area contributed by atoms with Gasteiger partial charge in [0, 0.05) is 38.1 Å². The van der Waals surface area contributed by atoms with Crippen LogP contribution in [0.5, 0.6) is 5.88 Å². The SMILES string of the molecule is COc1ccc(C(=O)N2CCC3(CC2)C[C@H](N(C)c2ccccc2)CO3)cn1. The zero-order valence-corrected chi connectivity index (χ0v) is 16.5. The van der Waals surface area contributed by atoms with E-state index in [9.17, 15) is 4.79 Å². The fourth-order valence-corrected chi connectivity index (χ4v) is 4.22. The number of anilines is 1. The van der Waals surface area contributed by atoms with E-state index in [1.165, 1.54) is 5.69 Å². The van der Waals surface area contributed by atoms with Crippen LogP contribution in [-0.4, -0.2) is 61.3 Å². The minimum Gasteiger partial charge on any atom is -0.481 e. The molecule has 3 heterocycles. The molecule has 1 amide bonds. The Morgan fingerprint density at radius 3 is 2.61 bits per heavy atom. The molecule has 0 radical (unpaired) electrons. The van der Waals surface area contributed by atoms with E-state index in [0.29, 0.717) is 30.6 Å². The number of ether oxygens (including phenoxy) is 2. The first-order valence-corrected chi connectivity index (χ1v) is 9.81. The summed E-state index contributed by atoms with van der Waals surface area (Å²) in [5.41, 5.74) is 1.71. The van der Waals surface area contributed by atoms with Crippen molar-refractivity contribution < 1.29 is 14.3 Å². The van der Waals surface area contributed by atoms with Gasteiger partial charge in [0.15, 0.2) is 0 Å². The van der Waals surface area contributed by atoms with E-state index >= 15 is 0 Å². The molecule has 1 aromatic heterocycles. The molecule has 6 heteroatoms. The number of rotatable bonds is 4. The maximum atomic E-state index is 12.8. The van der Waals surface area contributed by atoms with Gasteiger partial charge in [0.05, 0.1) is 30.9 Å². The lowest BCUT2D eigenvalue weighted by atomic mass is 9.87. The Labute approximate surface area is 166 Å². The number of methoxy groups -OCH3 is 1. The molecule has 0 N–H and O–H groups in total. The van der Waals surface area contributed by atoms with Gasteiger partial charge in [-0.1, -0.05) is 18.2 Å². The number of piperidine rings is 1. The fourth-order valence-electron chi connectivity index (χ4n) is 4.22. The minimum absolute atomic E-state index is 0.0287. The summed E-state index contributed by atoms with van der Waals surface area (Å²) >= 11 is 0. The minimum atomic E-state index is -0.108. The molecule has 2 fully saturated rings. The van der Waals surface area contributed by atoms with Crippen molar-refractivity contribution in [3.05, 3.63) is 54.2 Å². The summed E-state index contributed by atoms with van der Waals surface area (Å²) in [5.74, 6) is 0.544. The quantitative estimate of drug-likeness (QED) is 0.815. The predicted molar refractivity (Wildman–Crippen MR) is 108 cm³/mol. The van der Waals surface area contributed by atoms with Gasteiger partial charge in [-0.3, -0.25) is 4.79 Å². The van der Waals surface area contributed by atoms with Crippen LogP contribution in [-0.2, 0) is 4.74 Å². The highest BCUT2D eigenvalue weighted by molar-refractivity contribution is 5.94. The van der Waals surface area contributed by atoms with Crippen molar-refractivity contribution in [1.82, 2.24) is 9.88 Å². The molecule has 2 aliphatic heterocycles. The van der Waals surface area contributed by atoms with E-state index < -0.39 is 0 Å². The Morgan fingerprint density at radius 1 is 1.21 bits per heavy atom. The standard InChI is InChI=1S/C22H27N3O3/c1-24(18-6-4-3-5-7-18)19-14-22(28-16-19)10-12-25(13-11-22)21(26)17-8-9-20(27-2)23-15-17/h3-9,15,19H,10-14,16H2,1-2H3/t19-/m0/s1. The van der Waals surface area contributed by atoms with Crippen LogP contribution in [0, 0.1) is 0 Å². The van der Waals surface area contributed by atoms with Crippen molar-refractivity contribution in [3.63, 3.8) is 0 Å². The molecule has 6 nitrogen and oxygen atoms in total. The normalized spacial score (nSPS) is 20.9. The van der Waals surface area contributed by atoms with Gasteiger partial charge in [0.25, 0.3) is 5.91 Å². The second-order valence-corrected chi connectivity index (χ2v) is 7.68. The number of amides is 1. The van der Waals surface area contributed by atoms with E-state index in [0.717, 1.165) is 25.9 Å². The van der Waals surface area contributed by atoms with Gasteiger partial charge in [0.1, 0.15) is 0 Å². The largest absolute Gasteiger partial charge is 0.481 e. The Kier molecular flexibility index (Phi) is 5.22. The number of para-hydroxylation sites is 1. The third kappa shape index (κ3) is 3.69. The molecule has 28 heavy (non-hydrogen) atoms. The van der Waals surface area contributed by atoms with Gasteiger partial charge >= 0.3 is 0 Å². The molecule has 2 aromatic rings. The van der Waals surface area contributed by atoms with E-state index in [-0.39, 0.29) is 11.5 Å². The summed E-state index contributed by atoms with van der Waals surface area (Å²) in [4.78, 5) is 21.1. The van der Waals surface area contributed by atoms with E-state index in [1.54, 1.807) is 25.4 Å². The van der Waals surface area contributed by atoms with Crippen molar-refractivity contribution in [2.45, 2.75) is 30.9 Å². The van der Waals surface area contributed by atoms with Gasteiger partial charge in [0.2, 0.25) is 5.88 Å². The number of aromatic nitrogens is 1. The van der Waals surface area contributed by atoms with Crippen LogP contribution in [0.4, 0.5) is 5.69 Å². The predicted octanol–water partition coefficient (Wildman–Crippen LogP) is 2.99. The molecule has 0 saturated carbocycles. The summed E-state index contributed by atoms with van der Waals surface area (Å²) in [6.45, 7) is 2.17. The average Bonchev–Trinajstić information content (AvgIpc) is 3.17. The van der Waals surface area contributed by atoms with Gasteiger partial charge < -0.3 is 19.3 Å². The van der Waals surface area contributed by atoms with Gasteiger partial charge in [-0.25, -0.2) is 4.98 Å². The summed E-state index contributed by atoms with van der Waals surface area (Å²) < 4.78 is 11.4. The van der Waals surface area contributed by atoms with Crippen LogP contribution in [0.25, 0.3) is 0 Å². The Morgan fingerprint density at radius 2 is 1.96 bits per heavy atom. The number of hydrogen-bond acceptors (Lipinski definition) is 5. The van der Waals surface area contributed by atoms with Gasteiger partial charge in [-0.05, 0) is 37.5 Å². The molecule has 1 aromatic carbocycles. The summed E-state index contributed by atoms with van der Waals surface area (Å²) in [6.07, 6.45) is 4.34. The van der Waals surface area contributed by atoms with Crippen molar-refractivity contribution in [1.29, 1.82) is 0 Å². The second-order valence-electron chi connectivity index (χ2n) is 7.68. The molecule has 1 atom stereocenters. The number of hydrogen-bond donors (Lipinski definition) is 0. The summed E-state index contributed by atoms with van der Waals surface area (Å²) in [5, 5.41) is 0. The monoisotopic (exact) mass is 381 g/mol. The highest BCUT2D eigenvalue weighted by atomic mass is 16.5. The van der Waals surface area contributed by atoms with E-state index in [1.807, 2.05) is 11.0 Å². The zero-order valence-electron chi connectivity index (χ0n) is 16.5. The highest BCUT2D eigenvalue weighted by Crippen LogP contribution is 2.38. The first-order valence-electron chi connectivity index (χ1n) is 9.81. The molecule has 1 spiro atoms. The molecule has 0 unspecified atom stereocenters. The first kappa shape index (κ1) is 18.7. The molecule has 148 valence electrons. The fraction of sp³-hybridized carbons (Fsp3) is 0.455. The Bertz CT molecular complexity index is 802. The van der Waals surface area contributed by atoms with Crippen LogP contribution in [0.1, 0.15) is 29.6 Å². The smallest absolute Gasteiger partial charge is 0.255 e. The van der Waals surface area contributed by atoms with E-state index in [2.05, 4.69) is 41.2 Å². The maximum absolute atomic E-state index is 12.8. The van der Waals surface area contributed by atoms with Crippen molar-refractivity contribution >= 4 is 11.6 Å². The number of likely N-dealkylation sites (tertiary alicyclic amines) is 1. The van der Waals surface area contributed by atoms with Gasteiger partial charge in [-0.2, -0.15) is 0 Å².